The minimum Gasteiger partial charge on any atom is -0.374 e. The van der Waals surface area contributed by atoms with Crippen molar-refractivity contribution in [2.24, 2.45) is 0 Å². The molecular formula is C15H18F3N3O2. The van der Waals surface area contributed by atoms with E-state index in [2.05, 4.69) is 9.88 Å². The third kappa shape index (κ3) is 3.18. The minimum atomic E-state index is -4.60. The molecule has 0 spiro atoms. The average Bonchev–Trinajstić information content (AvgIpc) is 2.53. The molecule has 0 N–H and O–H groups in total. The Morgan fingerprint density at radius 2 is 2.17 bits per heavy atom. The van der Waals surface area contributed by atoms with Gasteiger partial charge in [-0.05, 0) is 25.6 Å². The summed E-state index contributed by atoms with van der Waals surface area (Å²) in [6, 6.07) is 1.85. The van der Waals surface area contributed by atoms with Crippen LogP contribution in [-0.2, 0) is 10.9 Å². The van der Waals surface area contributed by atoms with Gasteiger partial charge in [0, 0.05) is 25.8 Å². The molecule has 2 aliphatic rings. The highest BCUT2D eigenvalue weighted by molar-refractivity contribution is 5.94. The highest BCUT2D eigenvalue weighted by Crippen LogP contribution is 2.32. The third-order valence-electron chi connectivity index (χ3n) is 4.36. The van der Waals surface area contributed by atoms with Crippen LogP contribution in [0.3, 0.4) is 0 Å². The summed E-state index contributed by atoms with van der Waals surface area (Å²) in [6.45, 7) is 2.05. The predicted octanol–water partition coefficient (Wildman–Crippen LogP) is 1.65. The number of fused-ring (bicyclic) bond motifs is 1. The molecule has 23 heavy (non-hydrogen) atoms. The third-order valence-corrected chi connectivity index (χ3v) is 4.36. The molecule has 0 unspecified atom stereocenters. The fourth-order valence-electron chi connectivity index (χ4n) is 3.22. The summed E-state index contributed by atoms with van der Waals surface area (Å²) in [7, 11) is 1.93. The SMILES string of the molecule is CN1CC[C@H]2OCCN(C(=O)c3ncccc3C(F)(F)F)[C@H]2C1. The second-order valence-corrected chi connectivity index (χ2v) is 5.92. The van der Waals surface area contributed by atoms with Gasteiger partial charge in [0.2, 0.25) is 0 Å². The van der Waals surface area contributed by atoms with Crippen LogP contribution in [0.4, 0.5) is 13.2 Å². The number of likely N-dealkylation sites (N-methyl/N-ethyl adjacent to an activating group) is 1. The van der Waals surface area contributed by atoms with Gasteiger partial charge in [-0.1, -0.05) is 0 Å². The molecule has 0 saturated carbocycles. The molecule has 2 aliphatic heterocycles. The number of piperidine rings is 1. The van der Waals surface area contributed by atoms with E-state index in [-0.39, 0.29) is 18.7 Å². The number of likely N-dealkylation sites (tertiary alicyclic amines) is 1. The van der Waals surface area contributed by atoms with E-state index < -0.39 is 23.3 Å². The Morgan fingerprint density at radius 1 is 1.39 bits per heavy atom. The van der Waals surface area contributed by atoms with Gasteiger partial charge in [0.05, 0.1) is 24.3 Å². The predicted molar refractivity (Wildman–Crippen MR) is 75.9 cm³/mol. The van der Waals surface area contributed by atoms with E-state index in [0.29, 0.717) is 13.2 Å². The maximum Gasteiger partial charge on any atom is 0.418 e. The van der Waals surface area contributed by atoms with Gasteiger partial charge in [-0.15, -0.1) is 0 Å². The van der Waals surface area contributed by atoms with Crippen molar-refractivity contribution in [1.82, 2.24) is 14.8 Å². The standard InChI is InChI=1S/C15H18F3N3O2/c1-20-6-4-12-11(9-20)21(7-8-23-12)14(22)13-10(15(16,17)18)3-2-5-19-13/h2-3,5,11-12H,4,6-9H2,1H3/t11-,12+/m0/s1. The summed E-state index contributed by atoms with van der Waals surface area (Å²) in [5, 5.41) is 0. The number of carbonyl (C=O) groups is 1. The van der Waals surface area contributed by atoms with Gasteiger partial charge in [-0.2, -0.15) is 13.2 Å². The number of rotatable bonds is 1. The smallest absolute Gasteiger partial charge is 0.374 e. The lowest BCUT2D eigenvalue weighted by Crippen LogP contribution is -2.61. The van der Waals surface area contributed by atoms with Crippen molar-refractivity contribution in [1.29, 1.82) is 0 Å². The van der Waals surface area contributed by atoms with E-state index in [0.717, 1.165) is 19.0 Å². The van der Waals surface area contributed by atoms with Crippen LogP contribution in [-0.4, -0.2) is 66.1 Å². The molecule has 2 saturated heterocycles. The highest BCUT2D eigenvalue weighted by atomic mass is 19.4. The first-order valence-corrected chi connectivity index (χ1v) is 7.51. The van der Waals surface area contributed by atoms with Crippen LogP contribution in [0.5, 0.6) is 0 Å². The van der Waals surface area contributed by atoms with Gasteiger partial charge in [0.25, 0.3) is 5.91 Å². The van der Waals surface area contributed by atoms with Crippen LogP contribution < -0.4 is 0 Å². The summed E-state index contributed by atoms with van der Waals surface area (Å²) in [6.07, 6.45) is -2.75. The van der Waals surface area contributed by atoms with Crippen LogP contribution in [0.1, 0.15) is 22.5 Å². The van der Waals surface area contributed by atoms with E-state index in [1.807, 2.05) is 7.05 Å². The average molecular weight is 329 g/mol. The number of nitrogens with zero attached hydrogens (tertiary/aromatic N) is 3. The Balaban J connectivity index is 1.91. The number of carbonyl (C=O) groups excluding carboxylic acids is 1. The zero-order valence-corrected chi connectivity index (χ0v) is 12.7. The first kappa shape index (κ1) is 16.2. The maximum absolute atomic E-state index is 13.1. The summed E-state index contributed by atoms with van der Waals surface area (Å²) < 4.78 is 45.1. The Labute approximate surface area is 132 Å². The number of morpholine rings is 1. The zero-order chi connectivity index (χ0) is 16.6. The van der Waals surface area contributed by atoms with Crippen molar-refractivity contribution in [3.63, 3.8) is 0 Å². The second kappa shape index (κ2) is 6.09. The lowest BCUT2D eigenvalue weighted by atomic mass is 9.98. The minimum absolute atomic E-state index is 0.123. The van der Waals surface area contributed by atoms with Crippen molar-refractivity contribution >= 4 is 5.91 Å². The van der Waals surface area contributed by atoms with Crippen LogP contribution in [0.2, 0.25) is 0 Å². The van der Waals surface area contributed by atoms with Crippen molar-refractivity contribution in [2.45, 2.75) is 24.7 Å². The summed E-state index contributed by atoms with van der Waals surface area (Å²) >= 11 is 0. The normalized spacial score (nSPS) is 26.0. The largest absolute Gasteiger partial charge is 0.418 e. The highest BCUT2D eigenvalue weighted by Gasteiger charge is 2.42. The van der Waals surface area contributed by atoms with E-state index in [4.69, 9.17) is 4.74 Å². The Bertz CT molecular complexity index is 594. The quantitative estimate of drug-likeness (QED) is 0.786. The number of pyridine rings is 1. The molecule has 1 aromatic heterocycles. The van der Waals surface area contributed by atoms with Crippen molar-refractivity contribution in [3.8, 4) is 0 Å². The first-order chi connectivity index (χ1) is 10.9. The zero-order valence-electron chi connectivity index (χ0n) is 12.7. The number of hydrogen-bond acceptors (Lipinski definition) is 4. The summed E-state index contributed by atoms with van der Waals surface area (Å²) in [5.41, 5.74) is -1.52. The Hall–Kier alpha value is -1.67. The van der Waals surface area contributed by atoms with Crippen LogP contribution in [0, 0.1) is 0 Å². The molecule has 8 heteroatoms. The number of amides is 1. The summed E-state index contributed by atoms with van der Waals surface area (Å²) in [5.74, 6) is -0.675. The topological polar surface area (TPSA) is 45.7 Å². The summed E-state index contributed by atoms with van der Waals surface area (Å²) in [4.78, 5) is 20.0. The van der Waals surface area contributed by atoms with Gasteiger partial charge in [0.1, 0.15) is 5.69 Å². The van der Waals surface area contributed by atoms with Gasteiger partial charge < -0.3 is 14.5 Å². The van der Waals surface area contributed by atoms with E-state index in [9.17, 15) is 18.0 Å². The lowest BCUT2D eigenvalue weighted by Gasteiger charge is -2.46. The van der Waals surface area contributed by atoms with Gasteiger partial charge in [-0.25, -0.2) is 0 Å². The van der Waals surface area contributed by atoms with Crippen LogP contribution >= 0.6 is 0 Å². The molecule has 0 radical (unpaired) electrons. The molecule has 3 rings (SSSR count). The molecule has 1 aromatic rings. The van der Waals surface area contributed by atoms with E-state index >= 15 is 0 Å². The fourth-order valence-corrected chi connectivity index (χ4v) is 3.22. The van der Waals surface area contributed by atoms with Gasteiger partial charge >= 0.3 is 6.18 Å². The number of ether oxygens (including phenoxy) is 1. The van der Waals surface area contributed by atoms with Crippen LogP contribution in [0.25, 0.3) is 0 Å². The molecule has 0 aliphatic carbocycles. The van der Waals surface area contributed by atoms with Crippen molar-refractivity contribution in [3.05, 3.63) is 29.6 Å². The molecule has 2 atom stereocenters. The molecule has 2 fully saturated rings. The molecule has 0 bridgehead atoms. The van der Waals surface area contributed by atoms with Crippen molar-refractivity contribution in [2.75, 3.05) is 33.3 Å². The fraction of sp³-hybridized carbons (Fsp3) is 0.600. The molecule has 126 valence electrons. The van der Waals surface area contributed by atoms with E-state index in [1.54, 1.807) is 0 Å². The second-order valence-electron chi connectivity index (χ2n) is 5.92. The lowest BCUT2D eigenvalue weighted by molar-refractivity contribution is -0.138. The molecular weight excluding hydrogens is 311 g/mol. The molecule has 3 heterocycles. The van der Waals surface area contributed by atoms with Crippen molar-refractivity contribution < 1.29 is 22.7 Å². The van der Waals surface area contributed by atoms with Crippen LogP contribution in [0.15, 0.2) is 18.3 Å². The monoisotopic (exact) mass is 329 g/mol. The Kier molecular flexibility index (Phi) is 4.29. The molecule has 0 aromatic carbocycles. The Morgan fingerprint density at radius 3 is 2.91 bits per heavy atom. The van der Waals surface area contributed by atoms with E-state index in [1.165, 1.54) is 17.2 Å². The number of halogens is 3. The number of aromatic nitrogens is 1. The van der Waals surface area contributed by atoms with Gasteiger partial charge in [-0.3, -0.25) is 9.78 Å². The first-order valence-electron chi connectivity index (χ1n) is 7.51. The van der Waals surface area contributed by atoms with Gasteiger partial charge in [0.15, 0.2) is 0 Å². The number of hydrogen-bond donors (Lipinski definition) is 0. The molecule has 1 amide bonds. The number of alkyl halides is 3. The maximum atomic E-state index is 13.1. The molecule has 5 nitrogen and oxygen atoms in total.